The molecule has 0 atom stereocenters. The molecule has 6 heteroatoms. The van der Waals surface area contributed by atoms with Crippen molar-refractivity contribution in [1.82, 2.24) is 4.98 Å². The Morgan fingerprint density at radius 3 is 2.46 bits per heavy atom. The van der Waals surface area contributed by atoms with Crippen LogP contribution >= 0.6 is 23.5 Å². The number of rotatable bonds is 4. The minimum atomic E-state index is -0.0440. The number of methoxy groups -OCH3 is 1. The second-order valence-corrected chi connectivity index (χ2v) is 8.20. The Bertz CT molecular complexity index is 683. The zero-order chi connectivity index (χ0) is 16.9. The zero-order valence-electron chi connectivity index (χ0n) is 13.8. The van der Waals surface area contributed by atoms with Crippen molar-refractivity contribution in [2.45, 2.75) is 11.0 Å². The molecule has 1 fully saturated rings. The number of anilines is 1. The van der Waals surface area contributed by atoms with Gasteiger partial charge in [-0.2, -0.15) is 0 Å². The summed E-state index contributed by atoms with van der Waals surface area (Å²) in [5.74, 6) is 2.92. The van der Waals surface area contributed by atoms with Gasteiger partial charge in [-0.1, -0.05) is 12.1 Å². The van der Waals surface area contributed by atoms with Gasteiger partial charge in [-0.3, -0.25) is 4.79 Å². The van der Waals surface area contributed by atoms with Crippen LogP contribution in [-0.2, 0) is 0 Å². The number of amides is 1. The van der Waals surface area contributed by atoms with Gasteiger partial charge < -0.3 is 9.64 Å². The first-order valence-corrected chi connectivity index (χ1v) is 9.90. The van der Waals surface area contributed by atoms with E-state index in [1.165, 1.54) is 23.5 Å². The third-order valence-electron chi connectivity index (χ3n) is 3.88. The molecule has 0 spiro atoms. The highest BCUT2D eigenvalue weighted by Crippen LogP contribution is 2.43. The highest BCUT2D eigenvalue weighted by atomic mass is 32.2. The normalized spacial score (nSPS) is 15.1. The van der Waals surface area contributed by atoms with Crippen LogP contribution in [0, 0.1) is 0 Å². The predicted octanol–water partition coefficient (Wildman–Crippen LogP) is 4.24. The summed E-state index contributed by atoms with van der Waals surface area (Å²) in [5, 5.41) is 0. The number of nitrogens with zero attached hydrogens (tertiary/aromatic N) is 2. The van der Waals surface area contributed by atoms with Crippen LogP contribution in [0.5, 0.6) is 5.88 Å². The van der Waals surface area contributed by atoms with Gasteiger partial charge in [-0.15, -0.1) is 23.5 Å². The molecule has 1 saturated heterocycles. The van der Waals surface area contributed by atoms with Crippen LogP contribution in [0.15, 0.2) is 42.6 Å². The number of ether oxygens (including phenoxy) is 1. The Morgan fingerprint density at radius 1 is 1.17 bits per heavy atom. The topological polar surface area (TPSA) is 42.4 Å². The zero-order valence-corrected chi connectivity index (χ0v) is 15.4. The fourth-order valence-corrected chi connectivity index (χ4v) is 5.36. The van der Waals surface area contributed by atoms with Gasteiger partial charge in [0, 0.05) is 18.7 Å². The minimum absolute atomic E-state index is 0.0440. The Balaban J connectivity index is 1.71. The smallest absolute Gasteiger partial charge is 0.258 e. The molecule has 1 amide bonds. The Labute approximate surface area is 151 Å². The van der Waals surface area contributed by atoms with Crippen molar-refractivity contribution in [2.24, 2.45) is 0 Å². The summed E-state index contributed by atoms with van der Waals surface area (Å²) in [6.45, 7) is 0. The van der Waals surface area contributed by atoms with Crippen LogP contribution in [0.2, 0.25) is 0 Å². The molecule has 1 aliphatic heterocycles. The third-order valence-corrected chi connectivity index (χ3v) is 6.89. The largest absolute Gasteiger partial charge is 0.481 e. The molecule has 2 aromatic rings. The van der Waals surface area contributed by atoms with Gasteiger partial charge in [0.1, 0.15) is 0 Å². The maximum absolute atomic E-state index is 12.6. The molecule has 0 aliphatic carbocycles. The predicted molar refractivity (Wildman–Crippen MR) is 102 cm³/mol. The number of carbonyl (C=O) groups excluding carboxylic acids is 1. The first-order valence-electron chi connectivity index (χ1n) is 7.80. The van der Waals surface area contributed by atoms with Crippen molar-refractivity contribution in [3.8, 4) is 5.88 Å². The molecule has 24 heavy (non-hydrogen) atoms. The molecule has 1 aromatic heterocycles. The molecule has 1 aliphatic rings. The monoisotopic (exact) mass is 360 g/mol. The highest BCUT2D eigenvalue weighted by molar-refractivity contribution is 8.16. The van der Waals surface area contributed by atoms with E-state index in [4.69, 9.17) is 4.74 Å². The molecule has 0 saturated carbocycles. The SMILES string of the molecule is COc1ccc(N(C)C(=O)c2ccc(C3SCCCS3)cc2)cn1. The molecular weight excluding hydrogens is 340 g/mol. The second-order valence-electron chi connectivity index (χ2n) is 5.47. The van der Waals surface area contributed by atoms with Gasteiger partial charge in [0.25, 0.3) is 5.91 Å². The number of aromatic nitrogens is 1. The first-order chi connectivity index (χ1) is 11.7. The van der Waals surface area contributed by atoms with Crippen molar-refractivity contribution >= 4 is 35.1 Å². The standard InChI is InChI=1S/C18H20N2O2S2/c1-20(15-8-9-16(22-2)19-12-15)17(21)13-4-6-14(7-5-13)18-23-10-3-11-24-18/h4-9,12,18H,3,10-11H2,1-2H3. The summed E-state index contributed by atoms with van der Waals surface area (Å²) < 4.78 is 5.54. The van der Waals surface area contributed by atoms with E-state index in [9.17, 15) is 4.79 Å². The van der Waals surface area contributed by atoms with E-state index in [0.29, 0.717) is 16.0 Å². The average Bonchev–Trinajstić information content (AvgIpc) is 2.68. The maximum atomic E-state index is 12.6. The minimum Gasteiger partial charge on any atom is -0.481 e. The summed E-state index contributed by atoms with van der Waals surface area (Å²) in [5.41, 5.74) is 2.71. The summed E-state index contributed by atoms with van der Waals surface area (Å²) in [4.78, 5) is 18.4. The van der Waals surface area contributed by atoms with E-state index in [-0.39, 0.29) is 5.91 Å². The summed E-state index contributed by atoms with van der Waals surface area (Å²) in [6.07, 6.45) is 2.92. The van der Waals surface area contributed by atoms with Crippen molar-refractivity contribution in [3.05, 3.63) is 53.7 Å². The molecule has 1 aromatic carbocycles. The van der Waals surface area contributed by atoms with Crippen LogP contribution in [0.4, 0.5) is 5.69 Å². The van der Waals surface area contributed by atoms with Crippen LogP contribution in [-0.4, -0.2) is 36.6 Å². The van der Waals surface area contributed by atoms with E-state index in [2.05, 4.69) is 17.1 Å². The number of benzene rings is 1. The van der Waals surface area contributed by atoms with Crippen LogP contribution in [0.3, 0.4) is 0 Å². The highest BCUT2D eigenvalue weighted by Gasteiger charge is 2.18. The van der Waals surface area contributed by atoms with E-state index in [1.807, 2.05) is 41.7 Å². The summed E-state index contributed by atoms with van der Waals surface area (Å²) >= 11 is 3.97. The van der Waals surface area contributed by atoms with Gasteiger partial charge in [-0.05, 0) is 41.7 Å². The Kier molecular flexibility index (Phi) is 5.68. The molecule has 4 nitrogen and oxygen atoms in total. The van der Waals surface area contributed by atoms with E-state index in [1.54, 1.807) is 31.3 Å². The fraction of sp³-hybridized carbons (Fsp3) is 0.333. The van der Waals surface area contributed by atoms with Crippen LogP contribution in [0.1, 0.15) is 26.9 Å². The van der Waals surface area contributed by atoms with Crippen molar-refractivity contribution < 1.29 is 9.53 Å². The number of carbonyl (C=O) groups is 1. The summed E-state index contributed by atoms with van der Waals surface area (Å²) in [7, 11) is 3.33. The first kappa shape index (κ1) is 17.2. The van der Waals surface area contributed by atoms with Crippen molar-refractivity contribution in [2.75, 3.05) is 30.6 Å². The van der Waals surface area contributed by atoms with Crippen LogP contribution in [0.25, 0.3) is 0 Å². The number of thioether (sulfide) groups is 2. The molecular formula is C18H20N2O2S2. The lowest BCUT2D eigenvalue weighted by atomic mass is 10.1. The second kappa shape index (κ2) is 7.94. The lowest BCUT2D eigenvalue weighted by Gasteiger charge is -2.22. The lowest BCUT2D eigenvalue weighted by Crippen LogP contribution is -2.26. The lowest BCUT2D eigenvalue weighted by molar-refractivity contribution is 0.0993. The van der Waals surface area contributed by atoms with E-state index >= 15 is 0 Å². The molecule has 126 valence electrons. The maximum Gasteiger partial charge on any atom is 0.258 e. The van der Waals surface area contributed by atoms with Crippen LogP contribution < -0.4 is 9.64 Å². The van der Waals surface area contributed by atoms with E-state index < -0.39 is 0 Å². The van der Waals surface area contributed by atoms with E-state index in [0.717, 1.165) is 5.69 Å². The average molecular weight is 361 g/mol. The summed E-state index contributed by atoms with van der Waals surface area (Å²) in [6, 6.07) is 11.6. The van der Waals surface area contributed by atoms with Crippen molar-refractivity contribution in [3.63, 3.8) is 0 Å². The fourth-order valence-electron chi connectivity index (χ4n) is 2.47. The van der Waals surface area contributed by atoms with Crippen molar-refractivity contribution in [1.29, 1.82) is 0 Å². The number of hydrogen-bond acceptors (Lipinski definition) is 5. The molecule has 0 radical (unpaired) electrons. The van der Waals surface area contributed by atoms with Gasteiger partial charge in [0.15, 0.2) is 0 Å². The van der Waals surface area contributed by atoms with Gasteiger partial charge >= 0.3 is 0 Å². The van der Waals surface area contributed by atoms with Gasteiger partial charge in [0.05, 0.1) is 23.6 Å². The molecule has 3 rings (SSSR count). The third kappa shape index (κ3) is 3.87. The molecule has 0 bridgehead atoms. The Hall–Kier alpha value is -1.66. The molecule has 0 N–H and O–H groups in total. The number of hydrogen-bond donors (Lipinski definition) is 0. The Morgan fingerprint density at radius 2 is 1.88 bits per heavy atom. The molecule has 0 unspecified atom stereocenters. The van der Waals surface area contributed by atoms with Gasteiger partial charge in [0.2, 0.25) is 5.88 Å². The quantitative estimate of drug-likeness (QED) is 0.816. The number of pyridine rings is 1. The van der Waals surface area contributed by atoms with Gasteiger partial charge in [-0.25, -0.2) is 4.98 Å². The molecule has 2 heterocycles.